The van der Waals surface area contributed by atoms with Gasteiger partial charge in [0.2, 0.25) is 0 Å². The summed E-state index contributed by atoms with van der Waals surface area (Å²) in [6.45, 7) is 20.8. The molecule has 0 aliphatic rings. The molecule has 1 rings (SSSR count). The number of aliphatic imine (C=N–C) groups is 1. The highest BCUT2D eigenvalue weighted by atomic mass is 32.2. The van der Waals surface area contributed by atoms with E-state index in [1.54, 1.807) is 11.8 Å². The number of nitrogens with zero attached hydrogens (tertiary/aromatic N) is 1. The fourth-order valence-electron chi connectivity index (χ4n) is 2.76. The van der Waals surface area contributed by atoms with E-state index in [1.165, 1.54) is 22.3 Å². The van der Waals surface area contributed by atoms with Gasteiger partial charge in [-0.2, -0.15) is 0 Å². The van der Waals surface area contributed by atoms with Gasteiger partial charge < -0.3 is 0 Å². The molecule has 0 heterocycles. The van der Waals surface area contributed by atoms with Crippen molar-refractivity contribution in [2.45, 2.75) is 54.4 Å². The standard InChI is InChI=1S/C24H33NS/c1-9-10-24(17(2)3)21(7)25-22(8)26-14-13-19(5)16-23-15-18(4)11-12-20(23)6/h9-12,15H,2,5,13-14,16H2,1,3-4,6-8H3/b10-9-,24-21-,25-22+. The number of rotatable bonds is 8. The quantitative estimate of drug-likeness (QED) is 0.202. The van der Waals surface area contributed by atoms with Crippen LogP contribution in [0.5, 0.6) is 0 Å². The van der Waals surface area contributed by atoms with Crippen molar-refractivity contribution in [1.29, 1.82) is 0 Å². The summed E-state index contributed by atoms with van der Waals surface area (Å²) in [4.78, 5) is 4.74. The second-order valence-electron chi connectivity index (χ2n) is 6.87. The van der Waals surface area contributed by atoms with E-state index in [2.05, 4.69) is 58.2 Å². The molecule has 0 aromatic heterocycles. The second kappa shape index (κ2) is 11.0. The van der Waals surface area contributed by atoms with Gasteiger partial charge in [0.25, 0.3) is 0 Å². The summed E-state index contributed by atoms with van der Waals surface area (Å²) in [6, 6.07) is 6.64. The molecule has 0 bridgehead atoms. The Morgan fingerprint density at radius 2 is 1.85 bits per heavy atom. The van der Waals surface area contributed by atoms with Crippen LogP contribution in [0.2, 0.25) is 0 Å². The molecule has 0 amide bonds. The van der Waals surface area contributed by atoms with E-state index in [9.17, 15) is 0 Å². The first-order valence-corrected chi connectivity index (χ1v) is 10.1. The molecule has 1 aromatic rings. The Hall–Kier alpha value is -1.80. The van der Waals surface area contributed by atoms with E-state index in [0.29, 0.717) is 0 Å². The van der Waals surface area contributed by atoms with E-state index in [0.717, 1.165) is 40.5 Å². The van der Waals surface area contributed by atoms with Gasteiger partial charge in [-0.1, -0.05) is 54.6 Å². The Morgan fingerprint density at radius 1 is 1.15 bits per heavy atom. The highest BCUT2D eigenvalue weighted by Gasteiger charge is 2.04. The zero-order valence-corrected chi connectivity index (χ0v) is 18.1. The third-order valence-electron chi connectivity index (χ3n) is 4.22. The van der Waals surface area contributed by atoms with Gasteiger partial charge in [0.1, 0.15) is 0 Å². The molecule has 0 atom stereocenters. The van der Waals surface area contributed by atoms with Gasteiger partial charge in [-0.05, 0) is 76.7 Å². The van der Waals surface area contributed by atoms with E-state index in [-0.39, 0.29) is 0 Å². The molecular formula is C24H33NS. The topological polar surface area (TPSA) is 12.4 Å². The molecule has 1 aromatic carbocycles. The van der Waals surface area contributed by atoms with Gasteiger partial charge in [0.05, 0.1) is 5.04 Å². The maximum atomic E-state index is 4.74. The smallest absolute Gasteiger partial charge is 0.0703 e. The van der Waals surface area contributed by atoms with Crippen molar-refractivity contribution in [2.75, 3.05) is 5.75 Å². The minimum absolute atomic E-state index is 0.963. The van der Waals surface area contributed by atoms with Gasteiger partial charge in [0, 0.05) is 11.4 Å². The SMILES string of the molecule is C=C(CCS/C(C)=N/C(C)=C(/C=C\C)C(=C)C)Cc1cc(C)ccc1C. The molecule has 0 saturated carbocycles. The summed E-state index contributed by atoms with van der Waals surface area (Å²) in [5, 5.41) is 1.09. The lowest BCUT2D eigenvalue weighted by Crippen LogP contribution is -1.97. The zero-order valence-electron chi connectivity index (χ0n) is 17.3. The molecule has 2 heteroatoms. The lowest BCUT2D eigenvalue weighted by atomic mass is 9.98. The molecule has 0 radical (unpaired) electrons. The van der Waals surface area contributed by atoms with Crippen molar-refractivity contribution >= 4 is 16.8 Å². The molecule has 0 unspecified atom stereocenters. The molecule has 0 saturated heterocycles. The third kappa shape index (κ3) is 7.61. The van der Waals surface area contributed by atoms with E-state index >= 15 is 0 Å². The molecule has 0 aliphatic heterocycles. The van der Waals surface area contributed by atoms with Crippen LogP contribution in [0.4, 0.5) is 0 Å². The van der Waals surface area contributed by atoms with Gasteiger partial charge >= 0.3 is 0 Å². The first-order valence-electron chi connectivity index (χ1n) is 9.15. The van der Waals surface area contributed by atoms with Crippen LogP contribution in [0.3, 0.4) is 0 Å². The third-order valence-corrected chi connectivity index (χ3v) is 5.14. The average Bonchev–Trinajstić information content (AvgIpc) is 2.55. The fraction of sp³-hybridized carbons (Fsp3) is 0.375. The van der Waals surface area contributed by atoms with E-state index in [1.807, 2.05) is 26.8 Å². The highest BCUT2D eigenvalue weighted by Crippen LogP contribution is 2.20. The van der Waals surface area contributed by atoms with Crippen LogP contribution in [0.25, 0.3) is 0 Å². The molecule has 0 N–H and O–H groups in total. The number of hydrogen-bond acceptors (Lipinski definition) is 2. The average molecular weight is 368 g/mol. The first kappa shape index (κ1) is 22.2. The Kier molecular flexibility index (Phi) is 9.43. The summed E-state index contributed by atoms with van der Waals surface area (Å²) in [6.07, 6.45) is 6.08. The largest absolute Gasteiger partial charge is 0.251 e. The lowest BCUT2D eigenvalue weighted by Gasteiger charge is -2.10. The van der Waals surface area contributed by atoms with Gasteiger partial charge in [-0.25, -0.2) is 0 Å². The van der Waals surface area contributed by atoms with Gasteiger partial charge in [-0.15, -0.1) is 11.8 Å². The van der Waals surface area contributed by atoms with Gasteiger partial charge in [0.15, 0.2) is 0 Å². The van der Waals surface area contributed by atoms with Crippen molar-refractivity contribution < 1.29 is 0 Å². The molecule has 0 fully saturated rings. The van der Waals surface area contributed by atoms with Crippen LogP contribution in [0.15, 0.2) is 70.9 Å². The van der Waals surface area contributed by atoms with Crippen molar-refractivity contribution in [3.63, 3.8) is 0 Å². The number of benzene rings is 1. The van der Waals surface area contributed by atoms with Gasteiger partial charge in [-0.3, -0.25) is 4.99 Å². The molecule has 0 spiro atoms. The maximum Gasteiger partial charge on any atom is 0.0703 e. The summed E-state index contributed by atoms with van der Waals surface area (Å²) < 4.78 is 0. The van der Waals surface area contributed by atoms with Crippen LogP contribution in [-0.4, -0.2) is 10.8 Å². The Balaban J connectivity index is 2.61. The minimum atomic E-state index is 0.963. The number of thioether (sulfide) groups is 1. The predicted molar refractivity (Wildman–Crippen MR) is 121 cm³/mol. The van der Waals surface area contributed by atoms with Crippen molar-refractivity contribution in [3.05, 3.63) is 82.6 Å². The molecule has 0 aliphatic carbocycles. The summed E-state index contributed by atoms with van der Waals surface area (Å²) in [5.41, 5.74) is 8.52. The summed E-state index contributed by atoms with van der Waals surface area (Å²) >= 11 is 1.80. The number of allylic oxidation sites excluding steroid dienone is 6. The maximum absolute atomic E-state index is 4.74. The van der Waals surface area contributed by atoms with Crippen LogP contribution < -0.4 is 0 Å². The number of aryl methyl sites for hydroxylation is 2. The predicted octanol–water partition coefficient (Wildman–Crippen LogP) is 7.37. The van der Waals surface area contributed by atoms with Crippen LogP contribution in [0, 0.1) is 13.8 Å². The van der Waals surface area contributed by atoms with Crippen molar-refractivity contribution in [1.82, 2.24) is 0 Å². The normalized spacial score (nSPS) is 13.1. The molecule has 26 heavy (non-hydrogen) atoms. The lowest BCUT2D eigenvalue weighted by molar-refractivity contribution is 1.01. The number of hydrogen-bond donors (Lipinski definition) is 0. The van der Waals surface area contributed by atoms with Crippen LogP contribution in [0.1, 0.15) is 50.8 Å². The zero-order chi connectivity index (χ0) is 19.7. The van der Waals surface area contributed by atoms with Crippen molar-refractivity contribution in [3.8, 4) is 0 Å². The van der Waals surface area contributed by atoms with Crippen molar-refractivity contribution in [2.24, 2.45) is 4.99 Å². The highest BCUT2D eigenvalue weighted by molar-refractivity contribution is 8.13. The monoisotopic (exact) mass is 367 g/mol. The van der Waals surface area contributed by atoms with E-state index < -0.39 is 0 Å². The first-order chi connectivity index (χ1) is 12.2. The Labute approximate surface area is 164 Å². The molecule has 140 valence electrons. The summed E-state index contributed by atoms with van der Waals surface area (Å²) in [5.74, 6) is 1.01. The van der Waals surface area contributed by atoms with E-state index in [4.69, 9.17) is 4.99 Å². The Morgan fingerprint density at radius 3 is 2.46 bits per heavy atom. The van der Waals surface area contributed by atoms with Crippen LogP contribution >= 0.6 is 11.8 Å². The minimum Gasteiger partial charge on any atom is -0.251 e. The molecular weight excluding hydrogens is 334 g/mol. The van der Waals surface area contributed by atoms with Crippen LogP contribution in [-0.2, 0) is 6.42 Å². The summed E-state index contributed by atoms with van der Waals surface area (Å²) in [7, 11) is 0. The second-order valence-corrected chi connectivity index (χ2v) is 8.15. The fourth-order valence-corrected chi connectivity index (χ4v) is 3.65. The molecule has 1 nitrogen and oxygen atoms in total. The Bertz CT molecular complexity index is 747.